The van der Waals surface area contributed by atoms with Crippen LogP contribution in [0.2, 0.25) is 5.02 Å². The molecule has 2 saturated carbocycles. The third-order valence-corrected chi connectivity index (χ3v) is 11.5. The number of morpholine rings is 1. The Labute approximate surface area is 217 Å². The molecule has 7 unspecified atom stereocenters. The number of halogens is 1. The average molecular weight is 518 g/mol. The van der Waals surface area contributed by atoms with E-state index >= 15 is 0 Å². The number of thioether (sulfide) groups is 1. The number of amides is 1. The summed E-state index contributed by atoms with van der Waals surface area (Å²) in [5, 5.41) is 5.94. The topological polar surface area (TPSA) is 68.9 Å². The van der Waals surface area contributed by atoms with Gasteiger partial charge in [0.05, 0.1) is 30.9 Å². The van der Waals surface area contributed by atoms with Gasteiger partial charge in [0.1, 0.15) is 0 Å². The molecule has 1 amide bonds. The zero-order chi connectivity index (χ0) is 23.7. The van der Waals surface area contributed by atoms with Crippen LogP contribution >= 0.6 is 23.4 Å². The minimum absolute atomic E-state index is 0.0722. The van der Waals surface area contributed by atoms with E-state index in [-0.39, 0.29) is 23.7 Å². The van der Waals surface area contributed by atoms with Gasteiger partial charge in [-0.1, -0.05) is 36.7 Å². The van der Waals surface area contributed by atoms with Gasteiger partial charge in [0, 0.05) is 46.8 Å². The van der Waals surface area contributed by atoms with Crippen LogP contribution in [0.3, 0.4) is 0 Å². The number of nitrogens with zero attached hydrogens (tertiary/aromatic N) is 2. The van der Waals surface area contributed by atoms with Gasteiger partial charge in [-0.05, 0) is 49.7 Å². The molecule has 6 fully saturated rings. The Morgan fingerprint density at radius 3 is 2.74 bits per heavy atom. The van der Waals surface area contributed by atoms with Gasteiger partial charge in [0.15, 0.2) is 0 Å². The molecule has 1 aromatic carbocycles. The van der Waals surface area contributed by atoms with E-state index in [2.05, 4.69) is 51.9 Å². The second-order valence-corrected chi connectivity index (χ2v) is 13.0. The van der Waals surface area contributed by atoms with E-state index in [0.29, 0.717) is 47.7 Å². The number of carbonyl (C=O) groups is 1. The van der Waals surface area contributed by atoms with Crippen LogP contribution in [0.1, 0.15) is 50.6 Å². The van der Waals surface area contributed by atoms with Crippen LogP contribution in [0.4, 0.5) is 0 Å². The quantitative estimate of drug-likeness (QED) is 0.569. The van der Waals surface area contributed by atoms with Gasteiger partial charge in [-0.15, -0.1) is 11.8 Å². The minimum Gasteiger partial charge on any atom is -0.378 e. The average Bonchev–Trinajstić information content (AvgIpc) is 3.22. The van der Waals surface area contributed by atoms with Crippen molar-refractivity contribution in [2.45, 2.75) is 73.6 Å². The van der Waals surface area contributed by atoms with Gasteiger partial charge in [0.2, 0.25) is 5.91 Å². The summed E-state index contributed by atoms with van der Waals surface area (Å²) >= 11 is 9.00. The molecule has 4 saturated heterocycles. The molecular formula is C26H36ClN5O2S. The molecule has 4 heterocycles. The lowest BCUT2D eigenvalue weighted by atomic mass is 9.80. The van der Waals surface area contributed by atoms with Crippen LogP contribution in [-0.4, -0.2) is 70.5 Å². The fourth-order valence-electron chi connectivity index (χ4n) is 7.61. The smallest absolute Gasteiger partial charge is 0.225 e. The third kappa shape index (κ3) is 3.70. The van der Waals surface area contributed by atoms with Gasteiger partial charge < -0.3 is 15.0 Å². The molecule has 35 heavy (non-hydrogen) atoms. The first kappa shape index (κ1) is 23.3. The molecule has 7 rings (SSSR count). The third-order valence-electron chi connectivity index (χ3n) is 9.47. The summed E-state index contributed by atoms with van der Waals surface area (Å²) in [4.78, 5) is 18.3. The van der Waals surface area contributed by atoms with Crippen LogP contribution in [0.15, 0.2) is 24.3 Å². The number of carbonyl (C=O) groups excluding carboxylic acids is 1. The first-order valence-corrected chi connectivity index (χ1v) is 14.7. The van der Waals surface area contributed by atoms with E-state index in [9.17, 15) is 4.79 Å². The highest BCUT2D eigenvalue weighted by molar-refractivity contribution is 8.00. The van der Waals surface area contributed by atoms with E-state index < -0.39 is 0 Å². The van der Waals surface area contributed by atoms with Gasteiger partial charge in [-0.25, -0.2) is 10.9 Å². The van der Waals surface area contributed by atoms with Crippen LogP contribution in [0.5, 0.6) is 0 Å². The van der Waals surface area contributed by atoms with Crippen LogP contribution in [0.25, 0.3) is 0 Å². The summed E-state index contributed by atoms with van der Waals surface area (Å²) in [5.74, 6) is 1.39. The Balaban J connectivity index is 1.24. The van der Waals surface area contributed by atoms with Gasteiger partial charge in [-0.2, -0.15) is 0 Å². The first-order valence-electron chi connectivity index (χ1n) is 13.4. The van der Waals surface area contributed by atoms with E-state index in [1.165, 1.54) is 18.4 Å². The van der Waals surface area contributed by atoms with Crippen molar-refractivity contribution in [2.75, 3.05) is 26.3 Å². The molecule has 7 nitrogen and oxygen atoms in total. The Morgan fingerprint density at radius 1 is 1.20 bits per heavy atom. The molecule has 6 aliphatic rings. The van der Waals surface area contributed by atoms with E-state index in [0.717, 1.165) is 37.4 Å². The SMILES string of the molecule is CCC1NNC2N1C1SC3C[C@@H](C(=O)N4CCOCC4)CC3C1C(c1ccccc1Cl)NC21CC1. The van der Waals surface area contributed by atoms with Gasteiger partial charge in [-0.3, -0.25) is 9.69 Å². The number of ether oxygens (including phenoxy) is 1. The van der Waals surface area contributed by atoms with Crippen molar-refractivity contribution < 1.29 is 9.53 Å². The molecule has 1 spiro atoms. The molecule has 1 aromatic rings. The summed E-state index contributed by atoms with van der Waals surface area (Å²) in [5.41, 5.74) is 8.59. The zero-order valence-corrected chi connectivity index (χ0v) is 21.9. The fraction of sp³-hybridized carbons (Fsp3) is 0.731. The molecule has 0 bridgehead atoms. The highest BCUT2D eigenvalue weighted by Gasteiger charge is 2.65. The van der Waals surface area contributed by atoms with E-state index in [1.807, 2.05) is 17.0 Å². The summed E-state index contributed by atoms with van der Waals surface area (Å²) in [6.07, 6.45) is 6.01. The predicted octanol–water partition coefficient (Wildman–Crippen LogP) is 2.93. The monoisotopic (exact) mass is 517 g/mol. The van der Waals surface area contributed by atoms with Crippen LogP contribution in [0, 0.1) is 17.8 Å². The van der Waals surface area contributed by atoms with Crippen molar-refractivity contribution in [2.24, 2.45) is 17.8 Å². The number of benzene rings is 1. The minimum atomic E-state index is 0.0722. The van der Waals surface area contributed by atoms with Crippen molar-refractivity contribution in [1.82, 2.24) is 26.0 Å². The molecule has 4 aliphatic heterocycles. The highest BCUT2D eigenvalue weighted by atomic mass is 35.5. The fourth-order valence-corrected chi connectivity index (χ4v) is 10.0. The standard InChI is InChI=1S/C26H36ClN5O2S/c1-2-20-29-30-25-26(7-8-26)28-22(16-5-3-4-6-18(16)27)21-17-13-15(14-19(17)35-24(21)32(20)25)23(33)31-9-11-34-12-10-31/h3-6,15,17,19-22,24-25,28-30H,2,7-14H2,1H3/t15-,17?,19?,20?,21?,22?,24?,25?/m0/s1. The molecule has 190 valence electrons. The molecular weight excluding hydrogens is 482 g/mol. The van der Waals surface area contributed by atoms with E-state index in [4.69, 9.17) is 16.3 Å². The number of fused-ring (bicyclic) bond motifs is 6. The Morgan fingerprint density at radius 2 is 2.00 bits per heavy atom. The zero-order valence-electron chi connectivity index (χ0n) is 20.3. The highest BCUT2D eigenvalue weighted by Crippen LogP contribution is 2.62. The Kier molecular flexibility index (Phi) is 5.89. The Bertz CT molecular complexity index is 988. The summed E-state index contributed by atoms with van der Waals surface area (Å²) in [6, 6.07) is 8.60. The lowest BCUT2D eigenvalue weighted by molar-refractivity contribution is -0.139. The molecule has 0 radical (unpaired) electrons. The van der Waals surface area contributed by atoms with Crippen molar-refractivity contribution in [3.63, 3.8) is 0 Å². The Hall–Kier alpha value is -0.870. The molecule has 3 N–H and O–H groups in total. The lowest BCUT2D eigenvalue weighted by Gasteiger charge is -2.37. The normalized spacial score (nSPS) is 41.9. The van der Waals surface area contributed by atoms with Crippen molar-refractivity contribution in [1.29, 1.82) is 0 Å². The van der Waals surface area contributed by atoms with E-state index in [1.54, 1.807) is 0 Å². The first-order chi connectivity index (χ1) is 17.1. The second-order valence-electron chi connectivity index (χ2n) is 11.3. The summed E-state index contributed by atoms with van der Waals surface area (Å²) < 4.78 is 5.50. The number of nitrogens with one attached hydrogen (secondary N) is 3. The maximum atomic E-state index is 13.5. The second kappa shape index (κ2) is 8.86. The molecule has 0 aromatic heterocycles. The number of rotatable bonds is 3. The molecule has 9 heteroatoms. The molecule has 2 aliphatic carbocycles. The largest absolute Gasteiger partial charge is 0.378 e. The number of hydrazine groups is 1. The van der Waals surface area contributed by atoms with Crippen LogP contribution in [-0.2, 0) is 9.53 Å². The van der Waals surface area contributed by atoms with Crippen LogP contribution < -0.4 is 16.2 Å². The number of hydrogen-bond donors (Lipinski definition) is 3. The molecule has 8 atom stereocenters. The maximum absolute atomic E-state index is 13.5. The van der Waals surface area contributed by atoms with Gasteiger partial charge in [0.25, 0.3) is 0 Å². The van der Waals surface area contributed by atoms with Crippen molar-refractivity contribution >= 4 is 29.3 Å². The predicted molar refractivity (Wildman–Crippen MR) is 138 cm³/mol. The van der Waals surface area contributed by atoms with Gasteiger partial charge >= 0.3 is 0 Å². The summed E-state index contributed by atoms with van der Waals surface area (Å²) in [6.45, 7) is 5.08. The number of hydrogen-bond acceptors (Lipinski definition) is 7. The maximum Gasteiger partial charge on any atom is 0.225 e. The van der Waals surface area contributed by atoms with Crippen molar-refractivity contribution in [3.05, 3.63) is 34.9 Å². The summed E-state index contributed by atoms with van der Waals surface area (Å²) in [7, 11) is 0. The van der Waals surface area contributed by atoms with Crippen molar-refractivity contribution in [3.8, 4) is 0 Å². The lowest BCUT2D eigenvalue weighted by Crippen LogP contribution is -2.54.